The number of nitrogens with one attached hydrogen (secondary N) is 3. The lowest BCUT2D eigenvalue weighted by Gasteiger charge is -2.04. The molecule has 0 aliphatic carbocycles. The lowest BCUT2D eigenvalue weighted by molar-refractivity contribution is -0.120. The van der Waals surface area contributed by atoms with Crippen LogP contribution in [0.3, 0.4) is 0 Å². The van der Waals surface area contributed by atoms with Gasteiger partial charge in [-0.2, -0.15) is 5.26 Å². The van der Waals surface area contributed by atoms with Gasteiger partial charge in [-0.05, 0) is 0 Å². The van der Waals surface area contributed by atoms with Crippen molar-refractivity contribution >= 4 is 11.8 Å². The highest BCUT2D eigenvalue weighted by Crippen LogP contribution is 1.65. The highest BCUT2D eigenvalue weighted by Gasteiger charge is 1.98. The molecule has 0 spiro atoms. The topological polar surface area (TPSA) is 94.0 Å². The average Bonchev–Trinajstić information content (AvgIpc) is 2.13. The molecular weight excluding hydrogens is 184 g/mol. The summed E-state index contributed by atoms with van der Waals surface area (Å²) in [6.45, 7) is 2.62. The van der Waals surface area contributed by atoms with Gasteiger partial charge in [0.25, 0.3) is 0 Å². The summed E-state index contributed by atoms with van der Waals surface area (Å²) in [4.78, 5) is 21.3. The van der Waals surface area contributed by atoms with E-state index in [0.29, 0.717) is 13.1 Å². The summed E-state index contributed by atoms with van der Waals surface area (Å²) >= 11 is 0. The Hall–Kier alpha value is -1.61. The van der Waals surface area contributed by atoms with Gasteiger partial charge >= 0.3 is 0 Å². The first-order valence-electron chi connectivity index (χ1n) is 4.25. The van der Waals surface area contributed by atoms with Gasteiger partial charge in [-0.3, -0.25) is 9.59 Å². The third-order valence-electron chi connectivity index (χ3n) is 1.33. The van der Waals surface area contributed by atoms with Crippen LogP contribution in [0.25, 0.3) is 0 Å². The van der Waals surface area contributed by atoms with Crippen LogP contribution in [0.4, 0.5) is 0 Å². The molecule has 2 amide bonds. The van der Waals surface area contributed by atoms with Crippen LogP contribution in [-0.2, 0) is 9.59 Å². The Kier molecular flexibility index (Phi) is 7.09. The first-order valence-corrected chi connectivity index (χ1v) is 4.25. The van der Waals surface area contributed by atoms with E-state index in [9.17, 15) is 9.59 Å². The number of carbonyl (C=O) groups excluding carboxylic acids is 2. The molecule has 0 aromatic carbocycles. The Morgan fingerprint density at radius 1 is 1.29 bits per heavy atom. The van der Waals surface area contributed by atoms with E-state index in [1.807, 2.05) is 0 Å². The minimum absolute atomic E-state index is 0.0200. The fraction of sp³-hybridized carbons (Fsp3) is 0.625. The Morgan fingerprint density at radius 3 is 2.57 bits per heavy atom. The molecule has 0 heterocycles. The van der Waals surface area contributed by atoms with Crippen molar-refractivity contribution in [2.45, 2.75) is 6.92 Å². The van der Waals surface area contributed by atoms with Gasteiger partial charge in [0.05, 0.1) is 12.6 Å². The van der Waals surface area contributed by atoms with Crippen LogP contribution in [0.15, 0.2) is 0 Å². The standard InChI is InChI=1S/C8H14N4O2/c1-7(13)11-5-4-10-6-8(14)12-3-2-9/h10H,3-6H2,1H3,(H,11,13)(H,12,14). The van der Waals surface area contributed by atoms with Gasteiger partial charge in [-0.1, -0.05) is 0 Å². The molecule has 0 radical (unpaired) electrons. The SMILES string of the molecule is CC(=O)NCCNCC(=O)NCC#N. The Labute approximate surface area is 82.7 Å². The number of rotatable bonds is 6. The molecule has 0 rings (SSSR count). The molecule has 0 unspecified atom stereocenters. The average molecular weight is 198 g/mol. The minimum Gasteiger partial charge on any atom is -0.355 e. The van der Waals surface area contributed by atoms with Crippen LogP contribution < -0.4 is 16.0 Å². The zero-order chi connectivity index (χ0) is 10.8. The van der Waals surface area contributed by atoms with Gasteiger partial charge in [-0.25, -0.2) is 0 Å². The van der Waals surface area contributed by atoms with Gasteiger partial charge in [0.15, 0.2) is 0 Å². The molecule has 0 aliphatic heterocycles. The van der Waals surface area contributed by atoms with Crippen LogP contribution in [0, 0.1) is 11.3 Å². The zero-order valence-corrected chi connectivity index (χ0v) is 8.09. The second kappa shape index (κ2) is 8.01. The predicted molar refractivity (Wildman–Crippen MR) is 50.2 cm³/mol. The Morgan fingerprint density at radius 2 is 2.00 bits per heavy atom. The molecule has 0 aliphatic rings. The highest BCUT2D eigenvalue weighted by molar-refractivity contribution is 5.78. The van der Waals surface area contributed by atoms with Crippen LogP contribution in [0.2, 0.25) is 0 Å². The quantitative estimate of drug-likeness (QED) is 0.352. The molecule has 0 saturated carbocycles. The number of hydrogen-bond acceptors (Lipinski definition) is 4. The number of nitriles is 1. The van der Waals surface area contributed by atoms with E-state index in [1.54, 1.807) is 6.07 Å². The van der Waals surface area contributed by atoms with Gasteiger partial charge in [0.1, 0.15) is 6.54 Å². The lowest BCUT2D eigenvalue weighted by Crippen LogP contribution is -2.37. The summed E-state index contributed by atoms with van der Waals surface area (Å²) in [6.07, 6.45) is 0. The van der Waals surface area contributed by atoms with Crippen molar-refractivity contribution < 1.29 is 9.59 Å². The summed E-state index contributed by atoms with van der Waals surface area (Å²) in [7, 11) is 0. The van der Waals surface area contributed by atoms with Gasteiger partial charge in [-0.15, -0.1) is 0 Å². The maximum atomic E-state index is 10.9. The fourth-order valence-electron chi connectivity index (χ4n) is 0.729. The second-order valence-electron chi connectivity index (χ2n) is 2.59. The largest absolute Gasteiger partial charge is 0.355 e. The van der Waals surface area contributed by atoms with E-state index in [4.69, 9.17) is 5.26 Å². The summed E-state index contributed by atoms with van der Waals surface area (Å²) < 4.78 is 0. The summed E-state index contributed by atoms with van der Waals surface area (Å²) in [5.74, 6) is -0.324. The van der Waals surface area contributed by atoms with Crippen LogP contribution in [-0.4, -0.2) is 38.0 Å². The third-order valence-corrected chi connectivity index (χ3v) is 1.33. The molecule has 0 saturated heterocycles. The maximum Gasteiger partial charge on any atom is 0.234 e. The minimum atomic E-state index is -0.227. The van der Waals surface area contributed by atoms with Crippen molar-refractivity contribution in [2.75, 3.05) is 26.2 Å². The molecule has 0 aromatic rings. The van der Waals surface area contributed by atoms with Gasteiger partial charge < -0.3 is 16.0 Å². The molecule has 78 valence electrons. The summed E-state index contributed by atoms with van der Waals surface area (Å²) in [5.41, 5.74) is 0. The van der Waals surface area contributed by atoms with Crippen molar-refractivity contribution in [3.05, 3.63) is 0 Å². The fourth-order valence-corrected chi connectivity index (χ4v) is 0.729. The van der Waals surface area contributed by atoms with Crippen molar-refractivity contribution in [3.8, 4) is 6.07 Å². The summed E-state index contributed by atoms with van der Waals surface area (Å²) in [5, 5.41) is 15.9. The van der Waals surface area contributed by atoms with Crippen LogP contribution in [0.5, 0.6) is 0 Å². The van der Waals surface area contributed by atoms with Gasteiger partial charge in [0.2, 0.25) is 11.8 Å². The molecule has 3 N–H and O–H groups in total. The molecule has 0 fully saturated rings. The Balaban J connectivity index is 3.24. The molecule has 0 aromatic heterocycles. The van der Waals surface area contributed by atoms with E-state index < -0.39 is 0 Å². The summed E-state index contributed by atoms with van der Waals surface area (Å²) in [6, 6.07) is 1.80. The molecular formula is C8H14N4O2. The maximum absolute atomic E-state index is 10.9. The van der Waals surface area contributed by atoms with E-state index in [-0.39, 0.29) is 24.9 Å². The van der Waals surface area contributed by atoms with E-state index in [1.165, 1.54) is 6.92 Å². The van der Waals surface area contributed by atoms with Crippen molar-refractivity contribution in [2.24, 2.45) is 0 Å². The van der Waals surface area contributed by atoms with E-state index >= 15 is 0 Å². The smallest absolute Gasteiger partial charge is 0.234 e. The molecule has 0 bridgehead atoms. The molecule has 6 heteroatoms. The highest BCUT2D eigenvalue weighted by atomic mass is 16.2. The van der Waals surface area contributed by atoms with Crippen LogP contribution in [0.1, 0.15) is 6.92 Å². The zero-order valence-electron chi connectivity index (χ0n) is 8.09. The molecule has 6 nitrogen and oxygen atoms in total. The second-order valence-corrected chi connectivity index (χ2v) is 2.59. The van der Waals surface area contributed by atoms with Crippen molar-refractivity contribution in [1.29, 1.82) is 5.26 Å². The normalized spacial score (nSPS) is 8.86. The first-order chi connectivity index (χ1) is 6.66. The van der Waals surface area contributed by atoms with E-state index in [0.717, 1.165) is 0 Å². The van der Waals surface area contributed by atoms with E-state index in [2.05, 4.69) is 16.0 Å². The third kappa shape index (κ3) is 8.49. The number of hydrogen-bond donors (Lipinski definition) is 3. The molecule has 14 heavy (non-hydrogen) atoms. The molecule has 0 atom stereocenters. The van der Waals surface area contributed by atoms with Crippen LogP contribution >= 0.6 is 0 Å². The number of nitrogens with zero attached hydrogens (tertiary/aromatic N) is 1. The lowest BCUT2D eigenvalue weighted by atomic mass is 10.5. The predicted octanol–water partition coefficient (Wildman–Crippen LogP) is -1.65. The monoisotopic (exact) mass is 198 g/mol. The van der Waals surface area contributed by atoms with Crippen molar-refractivity contribution in [3.63, 3.8) is 0 Å². The first kappa shape index (κ1) is 12.4. The Bertz CT molecular complexity index is 234. The van der Waals surface area contributed by atoms with Gasteiger partial charge in [0, 0.05) is 20.0 Å². The number of amides is 2. The van der Waals surface area contributed by atoms with Crippen molar-refractivity contribution in [1.82, 2.24) is 16.0 Å². The number of carbonyl (C=O) groups is 2.